The number of amidine groups is 1. The highest BCUT2D eigenvalue weighted by atomic mass is 15.1. The van der Waals surface area contributed by atoms with Gasteiger partial charge in [0.2, 0.25) is 0 Å². The second kappa shape index (κ2) is 3.50. The molecule has 1 heterocycles. The molecule has 0 saturated heterocycles. The normalized spacial score (nSPS) is 35.8. The lowest BCUT2D eigenvalue weighted by Gasteiger charge is -2.18. The van der Waals surface area contributed by atoms with Crippen LogP contribution in [0.15, 0.2) is 4.99 Å². The van der Waals surface area contributed by atoms with E-state index in [-0.39, 0.29) is 0 Å². The summed E-state index contributed by atoms with van der Waals surface area (Å²) in [5.41, 5.74) is 0. The number of hydrogen-bond donors (Lipinski definition) is 1. The molecule has 0 radical (unpaired) electrons. The molecule has 2 atom stereocenters. The molecule has 2 heteroatoms. The van der Waals surface area contributed by atoms with Gasteiger partial charge in [0.05, 0.1) is 11.9 Å². The van der Waals surface area contributed by atoms with Crippen molar-refractivity contribution in [3.63, 3.8) is 0 Å². The second-order valence-electron chi connectivity index (χ2n) is 5.84. The Labute approximate surface area is 92.5 Å². The van der Waals surface area contributed by atoms with Crippen molar-refractivity contribution >= 4 is 5.84 Å². The van der Waals surface area contributed by atoms with Gasteiger partial charge in [-0.2, -0.15) is 0 Å². The SMILES string of the molecule is C[C@@H]1CC(NC(C2CC2)C2CC2)=N[C@@H]1C. The Bertz CT molecular complexity index is 264. The van der Waals surface area contributed by atoms with Crippen LogP contribution in [-0.4, -0.2) is 17.9 Å². The lowest BCUT2D eigenvalue weighted by atomic mass is 10.0. The van der Waals surface area contributed by atoms with E-state index < -0.39 is 0 Å². The first-order valence-electron chi connectivity index (χ1n) is 6.57. The van der Waals surface area contributed by atoms with Crippen molar-refractivity contribution < 1.29 is 0 Å². The predicted molar refractivity (Wildman–Crippen MR) is 63.0 cm³/mol. The molecular weight excluding hydrogens is 184 g/mol. The van der Waals surface area contributed by atoms with Crippen LogP contribution in [0.4, 0.5) is 0 Å². The number of hydrogen-bond acceptors (Lipinski definition) is 2. The average molecular weight is 206 g/mol. The molecule has 1 aliphatic heterocycles. The van der Waals surface area contributed by atoms with E-state index in [0.29, 0.717) is 6.04 Å². The Morgan fingerprint density at radius 1 is 1.13 bits per heavy atom. The van der Waals surface area contributed by atoms with Crippen molar-refractivity contribution in [2.45, 2.75) is 58.0 Å². The quantitative estimate of drug-likeness (QED) is 0.754. The van der Waals surface area contributed by atoms with Gasteiger partial charge in [-0.1, -0.05) is 6.92 Å². The van der Waals surface area contributed by atoms with Gasteiger partial charge >= 0.3 is 0 Å². The molecule has 3 aliphatic rings. The maximum Gasteiger partial charge on any atom is 0.0972 e. The first kappa shape index (κ1) is 9.68. The van der Waals surface area contributed by atoms with E-state index in [2.05, 4.69) is 19.2 Å². The number of rotatable bonds is 3. The summed E-state index contributed by atoms with van der Waals surface area (Å²) < 4.78 is 0. The Balaban J connectivity index is 1.61. The number of nitrogens with zero attached hydrogens (tertiary/aromatic N) is 1. The van der Waals surface area contributed by atoms with Crippen molar-refractivity contribution in [2.75, 3.05) is 0 Å². The van der Waals surface area contributed by atoms with E-state index in [1.165, 1.54) is 37.9 Å². The lowest BCUT2D eigenvalue weighted by Crippen LogP contribution is -2.37. The summed E-state index contributed by atoms with van der Waals surface area (Å²) in [5.74, 6) is 4.00. The number of aliphatic imine (C=N–C) groups is 1. The fourth-order valence-corrected chi connectivity index (χ4v) is 2.72. The largest absolute Gasteiger partial charge is 0.371 e. The summed E-state index contributed by atoms with van der Waals surface area (Å²) in [7, 11) is 0. The van der Waals surface area contributed by atoms with Gasteiger partial charge < -0.3 is 5.32 Å². The summed E-state index contributed by atoms with van der Waals surface area (Å²) in [6, 6.07) is 1.31. The van der Waals surface area contributed by atoms with E-state index in [0.717, 1.165) is 23.8 Å². The van der Waals surface area contributed by atoms with E-state index in [9.17, 15) is 0 Å². The molecular formula is C13H22N2. The highest BCUT2D eigenvalue weighted by molar-refractivity contribution is 5.84. The van der Waals surface area contributed by atoms with Crippen LogP contribution < -0.4 is 5.32 Å². The number of nitrogens with one attached hydrogen (secondary N) is 1. The molecule has 2 fully saturated rings. The zero-order chi connectivity index (χ0) is 10.4. The first-order valence-corrected chi connectivity index (χ1v) is 6.57. The second-order valence-corrected chi connectivity index (χ2v) is 5.84. The van der Waals surface area contributed by atoms with Crippen LogP contribution in [0.5, 0.6) is 0 Å². The molecule has 0 amide bonds. The van der Waals surface area contributed by atoms with Gasteiger partial charge in [-0.3, -0.25) is 4.99 Å². The molecule has 2 saturated carbocycles. The lowest BCUT2D eigenvalue weighted by molar-refractivity contribution is 0.477. The molecule has 3 rings (SSSR count). The van der Waals surface area contributed by atoms with Crippen molar-refractivity contribution in [2.24, 2.45) is 22.7 Å². The zero-order valence-electron chi connectivity index (χ0n) is 9.87. The summed E-state index contributed by atoms with van der Waals surface area (Å²) in [6.07, 6.45) is 6.98. The minimum atomic E-state index is 0.534. The predicted octanol–water partition coefficient (Wildman–Crippen LogP) is 2.59. The Hall–Kier alpha value is -0.530. The van der Waals surface area contributed by atoms with Crippen LogP contribution in [0.1, 0.15) is 46.0 Å². The summed E-state index contributed by atoms with van der Waals surface area (Å²) in [4.78, 5) is 4.74. The molecule has 0 aromatic carbocycles. The summed E-state index contributed by atoms with van der Waals surface area (Å²) in [6.45, 7) is 4.55. The Kier molecular flexibility index (Phi) is 2.26. The van der Waals surface area contributed by atoms with Gasteiger partial charge in [0.25, 0.3) is 0 Å². The van der Waals surface area contributed by atoms with Crippen LogP contribution in [-0.2, 0) is 0 Å². The molecule has 0 unspecified atom stereocenters. The molecule has 15 heavy (non-hydrogen) atoms. The van der Waals surface area contributed by atoms with Gasteiger partial charge in [0.1, 0.15) is 0 Å². The highest BCUT2D eigenvalue weighted by Crippen LogP contribution is 2.44. The molecule has 0 aromatic rings. The van der Waals surface area contributed by atoms with E-state index in [1.807, 2.05) is 0 Å². The van der Waals surface area contributed by atoms with Gasteiger partial charge in [-0.15, -0.1) is 0 Å². The molecule has 1 N–H and O–H groups in total. The molecule has 2 aliphatic carbocycles. The van der Waals surface area contributed by atoms with Crippen molar-refractivity contribution in [1.82, 2.24) is 5.32 Å². The molecule has 0 spiro atoms. The zero-order valence-corrected chi connectivity index (χ0v) is 9.87. The van der Waals surface area contributed by atoms with E-state index in [1.54, 1.807) is 0 Å². The Morgan fingerprint density at radius 2 is 1.73 bits per heavy atom. The van der Waals surface area contributed by atoms with Crippen molar-refractivity contribution in [1.29, 1.82) is 0 Å². The summed E-state index contributed by atoms with van der Waals surface area (Å²) in [5, 5.41) is 3.75. The van der Waals surface area contributed by atoms with Gasteiger partial charge in [-0.05, 0) is 50.4 Å². The topological polar surface area (TPSA) is 24.4 Å². The third-order valence-corrected chi connectivity index (χ3v) is 4.29. The first-order chi connectivity index (χ1) is 7.24. The van der Waals surface area contributed by atoms with E-state index in [4.69, 9.17) is 4.99 Å². The average Bonchev–Trinajstić information content (AvgIpc) is 3.07. The third-order valence-electron chi connectivity index (χ3n) is 4.29. The van der Waals surface area contributed by atoms with Crippen LogP contribution in [0.25, 0.3) is 0 Å². The van der Waals surface area contributed by atoms with Gasteiger partial charge in [0.15, 0.2) is 0 Å². The van der Waals surface area contributed by atoms with Crippen molar-refractivity contribution in [3.05, 3.63) is 0 Å². The van der Waals surface area contributed by atoms with Crippen LogP contribution in [0, 0.1) is 17.8 Å². The van der Waals surface area contributed by atoms with Crippen molar-refractivity contribution in [3.8, 4) is 0 Å². The van der Waals surface area contributed by atoms with E-state index >= 15 is 0 Å². The minimum absolute atomic E-state index is 0.534. The molecule has 84 valence electrons. The fraction of sp³-hybridized carbons (Fsp3) is 0.923. The smallest absolute Gasteiger partial charge is 0.0972 e. The maximum absolute atomic E-state index is 4.74. The van der Waals surface area contributed by atoms with Gasteiger partial charge in [-0.25, -0.2) is 0 Å². The van der Waals surface area contributed by atoms with Crippen LogP contribution >= 0.6 is 0 Å². The maximum atomic E-state index is 4.74. The third kappa shape index (κ3) is 2.04. The van der Waals surface area contributed by atoms with Gasteiger partial charge in [0, 0.05) is 12.5 Å². The fourth-order valence-electron chi connectivity index (χ4n) is 2.72. The minimum Gasteiger partial charge on any atom is -0.371 e. The monoisotopic (exact) mass is 206 g/mol. The standard InChI is InChI=1S/C13H22N2/c1-8-7-12(14-9(8)2)15-13(10-3-4-10)11-5-6-11/h8-11,13H,3-7H2,1-2H3,(H,14,15)/t8-,9-/m1/s1. The molecule has 0 bridgehead atoms. The highest BCUT2D eigenvalue weighted by Gasteiger charge is 2.42. The van der Waals surface area contributed by atoms with Crippen LogP contribution in [0.2, 0.25) is 0 Å². The summed E-state index contributed by atoms with van der Waals surface area (Å²) >= 11 is 0. The molecule has 2 nitrogen and oxygen atoms in total. The Morgan fingerprint density at radius 3 is 2.13 bits per heavy atom. The molecule has 0 aromatic heterocycles. The van der Waals surface area contributed by atoms with Crippen LogP contribution in [0.3, 0.4) is 0 Å².